The Morgan fingerprint density at radius 3 is 2.42 bits per heavy atom. The molecule has 0 radical (unpaired) electrons. The topological polar surface area (TPSA) is 72.2 Å². The monoisotopic (exact) mass is 336 g/mol. The molecule has 0 aliphatic rings. The van der Waals surface area contributed by atoms with Crippen molar-refractivity contribution in [3.05, 3.63) is 28.0 Å². The van der Waals surface area contributed by atoms with Gasteiger partial charge in [0.2, 0.25) is 10.0 Å². The van der Waals surface area contributed by atoms with Crippen molar-refractivity contribution in [1.82, 2.24) is 4.72 Å². The van der Waals surface area contributed by atoms with E-state index in [9.17, 15) is 21.6 Å². The molecule has 0 amide bonds. The second-order valence-electron chi connectivity index (χ2n) is 3.56. The lowest BCUT2D eigenvalue weighted by Gasteiger charge is -2.15. The molecule has 0 heterocycles. The first kappa shape index (κ1) is 16.5. The molecule has 1 aromatic rings. The lowest BCUT2D eigenvalue weighted by Crippen LogP contribution is -2.41. The molecular formula is C9H9Cl2F3N2O2S. The van der Waals surface area contributed by atoms with Gasteiger partial charge in [-0.05, 0) is 12.1 Å². The van der Waals surface area contributed by atoms with Crippen LogP contribution in [0.4, 0.5) is 13.2 Å². The maximum absolute atomic E-state index is 13.3. The van der Waals surface area contributed by atoms with Crippen molar-refractivity contribution in [3.63, 3.8) is 0 Å². The highest BCUT2D eigenvalue weighted by Gasteiger charge is 2.30. The first-order valence-electron chi connectivity index (χ1n) is 4.82. The summed E-state index contributed by atoms with van der Waals surface area (Å²) in [6.07, 6.45) is 0. The van der Waals surface area contributed by atoms with Gasteiger partial charge in [-0.2, -0.15) is 0 Å². The minimum Gasteiger partial charge on any atom is -0.325 e. The molecule has 0 fully saturated rings. The van der Waals surface area contributed by atoms with Gasteiger partial charge in [-0.25, -0.2) is 26.3 Å². The minimum atomic E-state index is -4.39. The van der Waals surface area contributed by atoms with Gasteiger partial charge in [0.05, 0.1) is 23.1 Å². The molecule has 10 heteroatoms. The van der Waals surface area contributed by atoms with Gasteiger partial charge in [0.15, 0.2) is 5.82 Å². The molecular weight excluding hydrogens is 328 g/mol. The minimum absolute atomic E-state index is 0.378. The van der Waals surface area contributed by atoms with Crippen LogP contribution in [0.5, 0.6) is 0 Å². The van der Waals surface area contributed by atoms with Crippen LogP contribution in [0.15, 0.2) is 17.0 Å². The third-order valence-corrected chi connectivity index (χ3v) is 4.33. The number of nitrogens with two attached hydrogens (primary N) is 1. The standard InChI is InChI=1S/C9H9Cl2F3N2O2S/c10-5-1-2-6(7(11)8(5)12)19(17,18)16-4-9(13,14)3-15/h1-2,16H,3-4,15H2. The van der Waals surface area contributed by atoms with Crippen LogP contribution in [0.25, 0.3) is 0 Å². The van der Waals surface area contributed by atoms with Crippen molar-refractivity contribution in [2.75, 3.05) is 13.1 Å². The van der Waals surface area contributed by atoms with E-state index >= 15 is 0 Å². The van der Waals surface area contributed by atoms with Crippen molar-refractivity contribution in [3.8, 4) is 0 Å². The third-order valence-electron chi connectivity index (χ3n) is 2.11. The van der Waals surface area contributed by atoms with E-state index in [1.54, 1.807) is 4.72 Å². The number of rotatable bonds is 5. The van der Waals surface area contributed by atoms with E-state index < -0.39 is 44.8 Å². The molecule has 0 aliphatic carbocycles. The average molecular weight is 337 g/mol. The van der Waals surface area contributed by atoms with E-state index in [1.165, 1.54) is 0 Å². The second-order valence-corrected chi connectivity index (χ2v) is 6.08. The fraction of sp³-hybridized carbons (Fsp3) is 0.333. The van der Waals surface area contributed by atoms with Crippen LogP contribution in [0.3, 0.4) is 0 Å². The molecule has 0 aliphatic heterocycles. The summed E-state index contributed by atoms with van der Waals surface area (Å²) in [7, 11) is -4.39. The van der Waals surface area contributed by atoms with Crippen molar-refractivity contribution in [2.45, 2.75) is 10.8 Å². The van der Waals surface area contributed by atoms with Gasteiger partial charge in [-0.15, -0.1) is 0 Å². The summed E-state index contributed by atoms with van der Waals surface area (Å²) in [6.45, 7) is -2.25. The Balaban J connectivity index is 3.06. The van der Waals surface area contributed by atoms with Gasteiger partial charge in [0.1, 0.15) is 4.90 Å². The predicted molar refractivity (Wildman–Crippen MR) is 65.6 cm³/mol. The van der Waals surface area contributed by atoms with Crippen molar-refractivity contribution < 1.29 is 21.6 Å². The van der Waals surface area contributed by atoms with Gasteiger partial charge in [0, 0.05) is 0 Å². The highest BCUT2D eigenvalue weighted by Crippen LogP contribution is 2.29. The normalized spacial score (nSPS) is 12.7. The molecule has 19 heavy (non-hydrogen) atoms. The number of benzene rings is 1. The molecule has 0 bridgehead atoms. The summed E-state index contributed by atoms with van der Waals surface area (Å²) < 4.78 is 64.1. The maximum atomic E-state index is 13.3. The lowest BCUT2D eigenvalue weighted by molar-refractivity contribution is 0.0170. The Bertz CT molecular complexity index is 581. The van der Waals surface area contributed by atoms with Crippen molar-refractivity contribution in [2.24, 2.45) is 5.73 Å². The summed E-state index contributed by atoms with van der Waals surface area (Å²) >= 11 is 10.9. The molecule has 0 saturated carbocycles. The fourth-order valence-electron chi connectivity index (χ4n) is 1.07. The average Bonchev–Trinajstić information content (AvgIpc) is 2.34. The molecule has 0 unspecified atom stereocenters. The van der Waals surface area contributed by atoms with Gasteiger partial charge < -0.3 is 5.73 Å². The number of hydrogen-bond donors (Lipinski definition) is 2. The fourth-order valence-corrected chi connectivity index (χ4v) is 2.87. The molecule has 1 aromatic carbocycles. The van der Waals surface area contributed by atoms with Crippen LogP contribution in [-0.4, -0.2) is 27.4 Å². The Kier molecular flexibility index (Phi) is 5.08. The zero-order valence-electron chi connectivity index (χ0n) is 9.26. The number of sulfonamides is 1. The van der Waals surface area contributed by atoms with E-state index in [2.05, 4.69) is 0 Å². The molecule has 0 saturated heterocycles. The smallest absolute Gasteiger partial charge is 0.273 e. The SMILES string of the molecule is NCC(F)(F)CNS(=O)(=O)c1ccc(Cl)c(F)c1Cl. The van der Waals surface area contributed by atoms with Gasteiger partial charge in [0.25, 0.3) is 5.92 Å². The summed E-state index contributed by atoms with van der Waals surface area (Å²) in [5.41, 5.74) is 4.76. The zero-order valence-corrected chi connectivity index (χ0v) is 11.6. The Morgan fingerprint density at radius 1 is 1.32 bits per heavy atom. The van der Waals surface area contributed by atoms with Crippen LogP contribution in [0.1, 0.15) is 0 Å². The molecule has 108 valence electrons. The molecule has 4 nitrogen and oxygen atoms in total. The molecule has 0 spiro atoms. The Hall–Kier alpha value is -0.540. The van der Waals surface area contributed by atoms with Gasteiger partial charge in [-0.3, -0.25) is 0 Å². The first-order valence-corrected chi connectivity index (χ1v) is 7.06. The lowest BCUT2D eigenvalue weighted by atomic mass is 10.3. The van der Waals surface area contributed by atoms with E-state index in [0.29, 0.717) is 0 Å². The molecule has 1 rings (SSSR count). The van der Waals surface area contributed by atoms with Crippen LogP contribution in [0, 0.1) is 5.82 Å². The molecule has 0 aromatic heterocycles. The molecule has 3 N–H and O–H groups in total. The number of alkyl halides is 2. The maximum Gasteiger partial charge on any atom is 0.273 e. The van der Waals surface area contributed by atoms with Gasteiger partial charge in [-0.1, -0.05) is 23.2 Å². The van der Waals surface area contributed by atoms with E-state index in [-0.39, 0.29) is 5.02 Å². The van der Waals surface area contributed by atoms with E-state index in [0.717, 1.165) is 12.1 Å². The Morgan fingerprint density at radius 2 is 1.89 bits per heavy atom. The van der Waals surface area contributed by atoms with Crippen LogP contribution >= 0.6 is 23.2 Å². The summed E-state index contributed by atoms with van der Waals surface area (Å²) in [6, 6.07) is 1.87. The predicted octanol–water partition coefficient (Wildman–Crippen LogP) is 2.00. The Labute approximate surface area is 117 Å². The first-order chi connectivity index (χ1) is 8.60. The van der Waals surface area contributed by atoms with Crippen molar-refractivity contribution in [1.29, 1.82) is 0 Å². The number of halogens is 5. The summed E-state index contributed by atoms with van der Waals surface area (Å²) in [4.78, 5) is -0.677. The largest absolute Gasteiger partial charge is 0.325 e. The van der Waals surface area contributed by atoms with Crippen LogP contribution in [-0.2, 0) is 10.0 Å². The molecule has 0 atom stereocenters. The van der Waals surface area contributed by atoms with Gasteiger partial charge >= 0.3 is 0 Å². The van der Waals surface area contributed by atoms with E-state index in [4.69, 9.17) is 28.9 Å². The zero-order chi connectivity index (χ0) is 14.8. The highest BCUT2D eigenvalue weighted by molar-refractivity contribution is 7.89. The summed E-state index contributed by atoms with van der Waals surface area (Å²) in [5, 5.41) is -1.15. The third kappa shape index (κ3) is 3.96. The highest BCUT2D eigenvalue weighted by atomic mass is 35.5. The summed E-state index contributed by atoms with van der Waals surface area (Å²) in [5.74, 6) is -4.55. The van der Waals surface area contributed by atoms with Crippen molar-refractivity contribution >= 4 is 33.2 Å². The van der Waals surface area contributed by atoms with Crippen LogP contribution < -0.4 is 10.5 Å². The van der Waals surface area contributed by atoms with E-state index in [1.807, 2.05) is 0 Å². The van der Waals surface area contributed by atoms with Crippen LogP contribution in [0.2, 0.25) is 10.0 Å². The quantitative estimate of drug-likeness (QED) is 0.808. The number of hydrogen-bond acceptors (Lipinski definition) is 3. The second kappa shape index (κ2) is 5.84. The number of nitrogens with one attached hydrogen (secondary N) is 1.